The number of carboxylic acids is 1. The van der Waals surface area contributed by atoms with Gasteiger partial charge in [-0.15, -0.1) is 11.3 Å². The van der Waals surface area contributed by atoms with Crippen LogP contribution in [-0.4, -0.2) is 22.4 Å². The fraction of sp³-hybridized carbons (Fsp3) is 0.545. The maximum atomic E-state index is 11.6. The Balaban J connectivity index is 2.55. The number of carboxylic acid groups (broad SMARTS) is 1. The van der Waals surface area contributed by atoms with E-state index in [0.717, 1.165) is 0 Å². The van der Waals surface area contributed by atoms with Gasteiger partial charge in [-0.2, -0.15) is 0 Å². The van der Waals surface area contributed by atoms with Crippen molar-refractivity contribution >= 4 is 23.2 Å². The largest absolute Gasteiger partial charge is 0.550 e. The topological polar surface area (TPSA) is 82.1 Å². The van der Waals surface area contributed by atoms with Gasteiger partial charge in [-0.1, -0.05) is 0 Å². The van der Waals surface area contributed by atoms with Crippen molar-refractivity contribution in [1.29, 1.82) is 0 Å². The lowest BCUT2D eigenvalue weighted by Gasteiger charge is -2.19. The predicted molar refractivity (Wildman–Crippen MR) is 62.4 cm³/mol. The highest BCUT2D eigenvalue weighted by Crippen LogP contribution is 2.11. The third-order valence-electron chi connectivity index (χ3n) is 1.75. The number of thiazole rings is 1. The molecule has 0 spiro atoms. The van der Waals surface area contributed by atoms with Crippen LogP contribution in [0.2, 0.25) is 0 Å². The van der Waals surface area contributed by atoms with Crippen LogP contribution in [0, 0.1) is 0 Å². The molecule has 0 aromatic carbocycles. The molecule has 0 aliphatic rings. The van der Waals surface area contributed by atoms with Crippen molar-refractivity contribution in [3.8, 4) is 0 Å². The number of nitrogens with one attached hydrogen (secondary N) is 1. The monoisotopic (exact) mass is 255 g/mol. The Morgan fingerprint density at radius 2 is 2.06 bits per heavy atom. The van der Waals surface area contributed by atoms with Crippen LogP contribution in [0.5, 0.6) is 0 Å². The van der Waals surface area contributed by atoms with Gasteiger partial charge in [0.2, 0.25) is 5.91 Å². The van der Waals surface area contributed by atoms with Crippen LogP contribution >= 0.6 is 11.3 Å². The second-order valence-corrected chi connectivity index (χ2v) is 5.70. The summed E-state index contributed by atoms with van der Waals surface area (Å²) in [6, 6.07) is 0. The first-order chi connectivity index (χ1) is 7.76. The fourth-order valence-corrected chi connectivity index (χ4v) is 2.05. The van der Waals surface area contributed by atoms with Crippen LogP contribution in [0.1, 0.15) is 31.5 Å². The van der Waals surface area contributed by atoms with Gasteiger partial charge < -0.3 is 15.2 Å². The highest BCUT2D eigenvalue weighted by Gasteiger charge is 2.15. The van der Waals surface area contributed by atoms with Gasteiger partial charge in [0.05, 0.1) is 12.1 Å². The van der Waals surface area contributed by atoms with E-state index in [1.165, 1.54) is 11.3 Å². The van der Waals surface area contributed by atoms with Crippen molar-refractivity contribution in [2.24, 2.45) is 0 Å². The van der Waals surface area contributed by atoms with Crippen LogP contribution in [0.4, 0.5) is 0 Å². The molecule has 0 saturated carbocycles. The molecular weight excluding hydrogens is 240 g/mol. The zero-order chi connectivity index (χ0) is 13.1. The van der Waals surface area contributed by atoms with Crippen LogP contribution in [0.25, 0.3) is 0 Å². The molecule has 0 fully saturated rings. The number of aromatic nitrogens is 1. The maximum absolute atomic E-state index is 11.6. The normalized spacial score (nSPS) is 11.2. The number of carbonyl (C=O) groups is 2. The van der Waals surface area contributed by atoms with Crippen molar-refractivity contribution in [3.05, 3.63) is 16.1 Å². The number of carbonyl (C=O) groups excluding carboxylic acids is 2. The Hall–Kier alpha value is -1.43. The summed E-state index contributed by atoms with van der Waals surface area (Å²) in [4.78, 5) is 26.0. The second-order valence-electron chi connectivity index (χ2n) is 4.76. The molecule has 94 valence electrons. The van der Waals surface area contributed by atoms with Crippen LogP contribution in [-0.2, 0) is 22.4 Å². The third-order valence-corrected chi connectivity index (χ3v) is 2.65. The highest BCUT2D eigenvalue weighted by atomic mass is 32.1. The zero-order valence-corrected chi connectivity index (χ0v) is 10.9. The van der Waals surface area contributed by atoms with Gasteiger partial charge in [0.1, 0.15) is 5.01 Å². The number of nitrogens with zero attached hydrogens (tertiary/aromatic N) is 1. The molecule has 0 aliphatic carbocycles. The summed E-state index contributed by atoms with van der Waals surface area (Å²) < 4.78 is 0. The number of rotatable bonds is 4. The van der Waals surface area contributed by atoms with Crippen molar-refractivity contribution < 1.29 is 14.7 Å². The molecule has 1 aromatic heterocycles. The minimum Gasteiger partial charge on any atom is -0.550 e. The summed E-state index contributed by atoms with van der Waals surface area (Å²) in [6.45, 7) is 5.69. The van der Waals surface area contributed by atoms with Crippen molar-refractivity contribution in [3.63, 3.8) is 0 Å². The van der Waals surface area contributed by atoms with Gasteiger partial charge in [0.15, 0.2) is 0 Å². The van der Waals surface area contributed by atoms with E-state index in [2.05, 4.69) is 10.3 Å². The van der Waals surface area contributed by atoms with Gasteiger partial charge in [0.25, 0.3) is 0 Å². The van der Waals surface area contributed by atoms with Gasteiger partial charge >= 0.3 is 0 Å². The molecule has 1 heterocycles. The average molecular weight is 255 g/mol. The first-order valence-corrected chi connectivity index (χ1v) is 6.08. The summed E-state index contributed by atoms with van der Waals surface area (Å²) in [5, 5.41) is 15.4. The molecule has 1 aromatic rings. The van der Waals surface area contributed by atoms with Gasteiger partial charge in [-0.05, 0) is 20.8 Å². The molecule has 1 N–H and O–H groups in total. The predicted octanol–water partition coefficient (Wildman–Crippen LogP) is -0.107. The molecule has 0 radical (unpaired) electrons. The minimum absolute atomic E-state index is 0.119. The fourth-order valence-electron chi connectivity index (χ4n) is 1.26. The lowest BCUT2D eigenvalue weighted by Crippen LogP contribution is -2.41. The smallest absolute Gasteiger partial charge is 0.227 e. The lowest BCUT2D eigenvalue weighted by atomic mass is 10.1. The van der Waals surface area contributed by atoms with Gasteiger partial charge in [-0.3, -0.25) is 4.79 Å². The zero-order valence-electron chi connectivity index (χ0n) is 10.1. The number of aliphatic carboxylic acids is 1. The SMILES string of the molecule is CC(C)(C)NC(=O)Cc1nc(CC(=O)[O-])cs1. The van der Waals surface area contributed by atoms with E-state index in [9.17, 15) is 14.7 Å². The first-order valence-electron chi connectivity index (χ1n) is 5.20. The Labute approximate surface area is 104 Å². The molecule has 0 unspecified atom stereocenters. The molecule has 1 amide bonds. The first kappa shape index (κ1) is 13.6. The molecule has 6 heteroatoms. The molecule has 0 aliphatic heterocycles. The Kier molecular flexibility index (Phi) is 4.22. The molecule has 0 atom stereocenters. The molecular formula is C11H15N2O3S-. The standard InChI is InChI=1S/C11H16N2O3S/c1-11(2,3)13-8(14)5-9-12-7(6-17-9)4-10(15)16/h6H,4-5H2,1-3H3,(H,13,14)(H,15,16)/p-1. The second kappa shape index (κ2) is 5.27. The van der Waals surface area contributed by atoms with E-state index in [-0.39, 0.29) is 24.3 Å². The van der Waals surface area contributed by atoms with E-state index < -0.39 is 5.97 Å². The van der Waals surface area contributed by atoms with E-state index in [1.807, 2.05) is 20.8 Å². The summed E-state index contributed by atoms with van der Waals surface area (Å²) >= 11 is 1.28. The van der Waals surface area contributed by atoms with E-state index in [4.69, 9.17) is 0 Å². The Bertz CT molecular complexity index is 421. The highest BCUT2D eigenvalue weighted by molar-refractivity contribution is 7.09. The molecule has 0 saturated heterocycles. The maximum Gasteiger partial charge on any atom is 0.227 e. The van der Waals surface area contributed by atoms with Crippen molar-refractivity contribution in [2.75, 3.05) is 0 Å². The van der Waals surface area contributed by atoms with Crippen molar-refractivity contribution in [2.45, 2.75) is 39.2 Å². The van der Waals surface area contributed by atoms with Crippen LogP contribution in [0.15, 0.2) is 5.38 Å². The quantitative estimate of drug-likeness (QED) is 0.814. The summed E-state index contributed by atoms with van der Waals surface area (Å²) in [7, 11) is 0. The Morgan fingerprint density at radius 1 is 1.41 bits per heavy atom. The van der Waals surface area contributed by atoms with E-state index >= 15 is 0 Å². The summed E-state index contributed by atoms with van der Waals surface area (Å²) in [5.74, 6) is -1.28. The third kappa shape index (κ3) is 5.44. The average Bonchev–Trinajstić information content (AvgIpc) is 2.46. The number of hydrogen-bond donors (Lipinski definition) is 1. The lowest BCUT2D eigenvalue weighted by molar-refractivity contribution is -0.304. The number of hydrogen-bond acceptors (Lipinski definition) is 5. The van der Waals surface area contributed by atoms with Crippen LogP contribution in [0.3, 0.4) is 0 Å². The van der Waals surface area contributed by atoms with Gasteiger partial charge in [-0.25, -0.2) is 4.98 Å². The Morgan fingerprint density at radius 3 is 2.59 bits per heavy atom. The molecule has 17 heavy (non-hydrogen) atoms. The summed E-state index contributed by atoms with van der Waals surface area (Å²) in [6.07, 6.45) is -0.0353. The minimum atomic E-state index is -1.17. The molecule has 5 nitrogen and oxygen atoms in total. The van der Waals surface area contributed by atoms with Gasteiger partial charge in [0, 0.05) is 23.3 Å². The molecule has 0 bridgehead atoms. The van der Waals surface area contributed by atoms with E-state index in [1.54, 1.807) is 5.38 Å². The summed E-state index contributed by atoms with van der Waals surface area (Å²) in [5.41, 5.74) is 0.163. The van der Waals surface area contributed by atoms with Crippen LogP contribution < -0.4 is 10.4 Å². The number of amides is 1. The van der Waals surface area contributed by atoms with E-state index in [0.29, 0.717) is 10.7 Å². The van der Waals surface area contributed by atoms with Crippen molar-refractivity contribution in [1.82, 2.24) is 10.3 Å². The molecule has 1 rings (SSSR count).